The molecule has 2 atom stereocenters. The lowest BCUT2D eigenvalue weighted by atomic mass is 9.73. The quantitative estimate of drug-likeness (QED) is 0.190. The van der Waals surface area contributed by atoms with Crippen molar-refractivity contribution in [3.8, 4) is 0 Å². The van der Waals surface area contributed by atoms with Crippen molar-refractivity contribution in [2.24, 2.45) is 17.8 Å². The number of aryl methyl sites for hydroxylation is 1. The van der Waals surface area contributed by atoms with Gasteiger partial charge in [0.05, 0.1) is 24.5 Å². The maximum atomic E-state index is 13.3. The fourth-order valence-corrected chi connectivity index (χ4v) is 9.33. The van der Waals surface area contributed by atoms with E-state index in [1.807, 2.05) is 57.1 Å². The molecule has 0 spiro atoms. The lowest BCUT2D eigenvalue weighted by Gasteiger charge is -2.33. The fraction of sp³-hybridized carbons (Fsp3) is 0.559. The highest BCUT2D eigenvalue weighted by Gasteiger charge is 2.44. The molecule has 2 aromatic heterocycles. The lowest BCUT2D eigenvalue weighted by Crippen LogP contribution is -2.87. The summed E-state index contributed by atoms with van der Waals surface area (Å²) in [6, 6.07) is 11.2. The number of aromatic nitrogens is 4. The summed E-state index contributed by atoms with van der Waals surface area (Å²) in [6.45, 7) is 6.95. The van der Waals surface area contributed by atoms with Crippen LogP contribution in [0.5, 0.6) is 0 Å². The van der Waals surface area contributed by atoms with Gasteiger partial charge in [-0.05, 0) is 62.5 Å². The fourth-order valence-electron chi connectivity index (χ4n) is 8.06. The zero-order valence-electron chi connectivity index (χ0n) is 27.5. The van der Waals surface area contributed by atoms with Crippen LogP contribution >= 0.6 is 0 Å². The number of H-pyrrole nitrogens is 1. The van der Waals surface area contributed by atoms with Gasteiger partial charge in [-0.1, -0.05) is 38.1 Å². The number of aromatic amines is 1. The molecule has 4 N–H and O–H groups in total. The first-order valence-electron chi connectivity index (χ1n) is 16.9. The molecule has 2 bridgehead atoms. The highest BCUT2D eigenvalue weighted by Crippen LogP contribution is 2.51. The summed E-state index contributed by atoms with van der Waals surface area (Å²) in [4.78, 5) is 36.9. The predicted molar refractivity (Wildman–Crippen MR) is 182 cm³/mol. The molecule has 0 saturated heterocycles. The van der Waals surface area contributed by atoms with Crippen molar-refractivity contribution in [2.45, 2.75) is 76.3 Å². The summed E-state index contributed by atoms with van der Waals surface area (Å²) in [5.74, 6) is 2.80. The van der Waals surface area contributed by atoms with Crippen LogP contribution in [0.2, 0.25) is 0 Å². The zero-order valence-corrected chi connectivity index (χ0v) is 28.3. The summed E-state index contributed by atoms with van der Waals surface area (Å²) in [5.41, 5.74) is 1.39. The second-order valence-electron chi connectivity index (χ2n) is 13.4. The van der Waals surface area contributed by atoms with Crippen LogP contribution < -0.4 is 26.2 Å². The Bertz CT molecular complexity index is 1930. The highest BCUT2D eigenvalue weighted by atomic mass is 32.2. The Hall–Kier alpha value is -3.48. The Labute approximate surface area is 270 Å². The van der Waals surface area contributed by atoms with Gasteiger partial charge < -0.3 is 15.2 Å². The molecule has 248 valence electrons. The maximum Gasteiger partial charge on any atom is 0.332 e. The number of hydrogen-bond donors (Lipinski definition) is 3. The van der Waals surface area contributed by atoms with Crippen molar-refractivity contribution in [3.63, 3.8) is 0 Å². The van der Waals surface area contributed by atoms with E-state index in [-0.39, 0.29) is 17.2 Å². The molecule has 2 aromatic carbocycles. The molecule has 46 heavy (non-hydrogen) atoms. The van der Waals surface area contributed by atoms with E-state index >= 15 is 0 Å². The topological polar surface area (TPSA) is 139 Å². The number of anilines is 1. The van der Waals surface area contributed by atoms with Crippen LogP contribution in [0.1, 0.15) is 64.1 Å². The maximum absolute atomic E-state index is 13.3. The molecule has 0 aliphatic heterocycles. The van der Waals surface area contributed by atoms with Crippen molar-refractivity contribution >= 4 is 37.6 Å². The third kappa shape index (κ3) is 6.02. The molecule has 6 rings (SSSR count). The number of fused-ring (bicyclic) bond motifs is 4. The minimum Gasteiger partial charge on any atom is -0.377 e. The van der Waals surface area contributed by atoms with Crippen LogP contribution in [0.25, 0.3) is 21.9 Å². The smallest absolute Gasteiger partial charge is 0.332 e. The van der Waals surface area contributed by atoms with Crippen molar-refractivity contribution < 1.29 is 13.7 Å². The van der Waals surface area contributed by atoms with Gasteiger partial charge in [0.25, 0.3) is 5.56 Å². The number of imidazole rings is 1. The van der Waals surface area contributed by atoms with Gasteiger partial charge in [-0.3, -0.25) is 13.9 Å². The SMILES string of the molecule is CCCn1c(=O)c2[nH]c(C3CC4CCC(C3)C4C[NH2+]CCNS(=O)(=O)c3cccc4c(N(C)C)cccc34)nc2n(CCC)c1=O. The van der Waals surface area contributed by atoms with Gasteiger partial charge in [0.15, 0.2) is 5.65 Å². The second-order valence-corrected chi connectivity index (χ2v) is 15.1. The minimum absolute atomic E-state index is 0.242. The molecule has 2 aliphatic carbocycles. The van der Waals surface area contributed by atoms with Crippen LogP contribution in [-0.2, 0) is 23.1 Å². The van der Waals surface area contributed by atoms with Crippen molar-refractivity contribution in [1.82, 2.24) is 23.8 Å². The van der Waals surface area contributed by atoms with Gasteiger partial charge in [-0.15, -0.1) is 0 Å². The molecule has 11 nitrogen and oxygen atoms in total. The van der Waals surface area contributed by atoms with Gasteiger partial charge in [0, 0.05) is 55.5 Å². The average molecular weight is 651 g/mol. The molecule has 2 heterocycles. The molecule has 2 fully saturated rings. The normalized spacial score (nSPS) is 21.4. The van der Waals surface area contributed by atoms with Gasteiger partial charge in [-0.2, -0.15) is 0 Å². The molecule has 2 unspecified atom stereocenters. The summed E-state index contributed by atoms with van der Waals surface area (Å²) in [6.07, 6.45) is 5.90. The van der Waals surface area contributed by atoms with Crippen LogP contribution in [0.15, 0.2) is 50.9 Å². The minimum atomic E-state index is -3.66. The summed E-state index contributed by atoms with van der Waals surface area (Å²) in [5, 5.41) is 3.90. The number of nitrogens with zero attached hydrogens (tertiary/aromatic N) is 4. The first-order valence-corrected chi connectivity index (χ1v) is 18.4. The summed E-state index contributed by atoms with van der Waals surface area (Å²) in [7, 11) is 0.260. The number of benzene rings is 2. The Morgan fingerprint density at radius 1 is 0.978 bits per heavy atom. The van der Waals surface area contributed by atoms with E-state index in [0.717, 1.165) is 48.1 Å². The lowest BCUT2D eigenvalue weighted by molar-refractivity contribution is -0.660. The van der Waals surface area contributed by atoms with E-state index in [2.05, 4.69) is 15.0 Å². The number of quaternary nitrogens is 1. The zero-order chi connectivity index (χ0) is 32.6. The first kappa shape index (κ1) is 32.5. The van der Waals surface area contributed by atoms with Crippen LogP contribution in [0.4, 0.5) is 5.69 Å². The summed E-state index contributed by atoms with van der Waals surface area (Å²) < 4.78 is 32.4. The highest BCUT2D eigenvalue weighted by molar-refractivity contribution is 7.89. The number of nitrogens with two attached hydrogens (primary N) is 1. The van der Waals surface area contributed by atoms with Gasteiger partial charge in [0.1, 0.15) is 11.3 Å². The van der Waals surface area contributed by atoms with E-state index < -0.39 is 10.0 Å². The molecule has 0 radical (unpaired) electrons. The molecule has 2 saturated carbocycles. The van der Waals surface area contributed by atoms with Gasteiger partial charge in [-0.25, -0.2) is 22.9 Å². The summed E-state index contributed by atoms with van der Waals surface area (Å²) >= 11 is 0. The standard InChI is InChI=1S/C34H47N7O4S/c1-5-17-40-32-30(33(42)41(18-6-2)34(40)43)37-31(38-32)24-19-22-13-14-23(20-24)27(22)21-35-15-16-36-46(44,45)29-12-8-9-25-26(29)10-7-11-28(25)39(3)4/h7-12,22-24,27,35-36H,5-6,13-21H2,1-4H3,(H,37,38)/p+1. The number of hydrogen-bond acceptors (Lipinski definition) is 6. The van der Waals surface area contributed by atoms with E-state index in [0.29, 0.717) is 66.4 Å². The molecular weight excluding hydrogens is 602 g/mol. The molecular formula is C34H48N7O4S+. The van der Waals surface area contributed by atoms with E-state index in [9.17, 15) is 18.0 Å². The second kappa shape index (κ2) is 13.3. The predicted octanol–water partition coefficient (Wildman–Crippen LogP) is 2.99. The Morgan fingerprint density at radius 3 is 2.35 bits per heavy atom. The van der Waals surface area contributed by atoms with Gasteiger partial charge >= 0.3 is 5.69 Å². The van der Waals surface area contributed by atoms with Crippen LogP contribution in [-0.4, -0.2) is 61.2 Å². The number of sulfonamides is 1. The number of rotatable bonds is 13. The monoisotopic (exact) mass is 650 g/mol. The van der Waals surface area contributed by atoms with E-state index in [1.165, 1.54) is 17.4 Å². The Kier molecular flexibility index (Phi) is 9.40. The third-order valence-electron chi connectivity index (χ3n) is 10.2. The van der Waals surface area contributed by atoms with Crippen LogP contribution in [0.3, 0.4) is 0 Å². The van der Waals surface area contributed by atoms with Crippen molar-refractivity contribution in [2.75, 3.05) is 38.6 Å². The largest absolute Gasteiger partial charge is 0.377 e. The van der Waals surface area contributed by atoms with Crippen LogP contribution in [0, 0.1) is 17.8 Å². The van der Waals surface area contributed by atoms with E-state index in [1.54, 1.807) is 16.7 Å². The molecule has 4 aromatic rings. The molecule has 2 aliphatic rings. The van der Waals surface area contributed by atoms with Gasteiger partial charge in [0.2, 0.25) is 10.0 Å². The van der Waals surface area contributed by atoms with Crippen molar-refractivity contribution in [1.29, 1.82) is 0 Å². The third-order valence-corrected chi connectivity index (χ3v) is 11.7. The first-order chi connectivity index (χ1) is 22.1. The van der Waals surface area contributed by atoms with E-state index in [4.69, 9.17) is 4.98 Å². The Balaban J connectivity index is 1.08. The molecule has 12 heteroatoms. The number of nitrogens with one attached hydrogen (secondary N) is 2. The molecule has 0 amide bonds. The average Bonchev–Trinajstić information content (AvgIpc) is 3.58. The Morgan fingerprint density at radius 2 is 1.65 bits per heavy atom. The van der Waals surface area contributed by atoms with Crippen molar-refractivity contribution in [3.05, 3.63) is 63.1 Å².